The molecule has 0 aromatic carbocycles. The van der Waals surface area contributed by atoms with Gasteiger partial charge in [-0.05, 0) is 12.8 Å². The molecule has 6 heteroatoms. The molecule has 1 aromatic rings. The van der Waals surface area contributed by atoms with E-state index in [-0.39, 0.29) is 5.78 Å². The molecule has 0 aliphatic carbocycles. The number of ketones is 1. The first kappa shape index (κ1) is 14.7. The Labute approximate surface area is 122 Å². The number of rotatable bonds is 4. The third kappa shape index (κ3) is 2.90. The monoisotopic (exact) mass is 299 g/mol. The van der Waals surface area contributed by atoms with E-state index in [1.807, 2.05) is 6.26 Å². The summed E-state index contributed by atoms with van der Waals surface area (Å²) < 4.78 is 0. The molecule has 0 saturated carbocycles. The fourth-order valence-corrected chi connectivity index (χ4v) is 4.48. The summed E-state index contributed by atoms with van der Waals surface area (Å²) in [5.41, 5.74) is 6.77. The second-order valence-electron chi connectivity index (χ2n) is 4.66. The Morgan fingerprint density at radius 3 is 2.47 bits per heavy atom. The quantitative estimate of drug-likeness (QED) is 0.683. The van der Waals surface area contributed by atoms with Gasteiger partial charge in [0.25, 0.3) is 0 Å². The predicted molar refractivity (Wildman–Crippen MR) is 84.8 cm³/mol. The minimum atomic E-state index is 0.0660. The summed E-state index contributed by atoms with van der Waals surface area (Å²) in [5.74, 6) is 0.0660. The zero-order valence-electron chi connectivity index (χ0n) is 11.7. The Bertz CT molecular complexity index is 465. The largest absolute Gasteiger partial charge is 0.396 e. The number of nitrogens with zero attached hydrogens (tertiary/aromatic N) is 2. The summed E-state index contributed by atoms with van der Waals surface area (Å²) in [5, 5.41) is 1.17. The fraction of sp³-hybridized carbons (Fsp3) is 0.615. The zero-order chi connectivity index (χ0) is 14.0. The average molecular weight is 299 g/mol. The van der Waals surface area contributed by atoms with Gasteiger partial charge in [-0.25, -0.2) is 0 Å². The molecule has 0 radical (unpaired) electrons. The molecule has 0 atom stereocenters. The van der Waals surface area contributed by atoms with Gasteiger partial charge in [-0.3, -0.25) is 4.79 Å². The fourth-order valence-electron chi connectivity index (χ4n) is 2.35. The van der Waals surface area contributed by atoms with E-state index in [4.69, 9.17) is 5.73 Å². The average Bonchev–Trinajstić information content (AvgIpc) is 2.76. The molecule has 1 aliphatic heterocycles. The molecule has 2 heterocycles. The maximum Gasteiger partial charge on any atom is 0.171 e. The second-order valence-corrected chi connectivity index (χ2v) is 6.48. The van der Waals surface area contributed by atoms with Gasteiger partial charge in [0.2, 0.25) is 0 Å². The molecular formula is C13H21N3OS2. The minimum absolute atomic E-state index is 0.0660. The molecule has 0 bridgehead atoms. The van der Waals surface area contributed by atoms with Crippen molar-refractivity contribution in [3.8, 4) is 0 Å². The molecule has 1 saturated heterocycles. The van der Waals surface area contributed by atoms with Crippen LogP contribution in [-0.2, 0) is 0 Å². The lowest BCUT2D eigenvalue weighted by atomic mass is 10.3. The number of carbonyl (C=O) groups is 1. The number of carbonyl (C=O) groups excluding carboxylic acids is 1. The number of thiophene rings is 1. The van der Waals surface area contributed by atoms with Crippen LogP contribution in [0.5, 0.6) is 0 Å². The molecule has 0 unspecified atom stereocenters. The van der Waals surface area contributed by atoms with Crippen LogP contribution in [0, 0.1) is 0 Å². The van der Waals surface area contributed by atoms with Crippen molar-refractivity contribution in [3.05, 3.63) is 4.88 Å². The van der Waals surface area contributed by atoms with Gasteiger partial charge in [0.1, 0.15) is 5.00 Å². The number of likely N-dealkylation sites (N-methyl/N-ethyl adjacent to an activating group) is 1. The lowest BCUT2D eigenvalue weighted by Crippen LogP contribution is -2.46. The van der Waals surface area contributed by atoms with E-state index in [0.29, 0.717) is 10.6 Å². The van der Waals surface area contributed by atoms with Crippen molar-refractivity contribution in [3.63, 3.8) is 0 Å². The highest BCUT2D eigenvalue weighted by Crippen LogP contribution is 2.44. The van der Waals surface area contributed by atoms with E-state index in [1.54, 1.807) is 30.0 Å². The van der Waals surface area contributed by atoms with Crippen molar-refractivity contribution >= 4 is 39.6 Å². The topological polar surface area (TPSA) is 49.6 Å². The predicted octanol–water partition coefficient (Wildman–Crippen LogP) is 2.40. The van der Waals surface area contributed by atoms with Crippen molar-refractivity contribution in [1.29, 1.82) is 0 Å². The number of thioether (sulfide) groups is 1. The number of hydrogen-bond acceptors (Lipinski definition) is 6. The van der Waals surface area contributed by atoms with Gasteiger partial charge in [0, 0.05) is 33.1 Å². The maximum atomic E-state index is 11.6. The Hall–Kier alpha value is -0.720. The van der Waals surface area contributed by atoms with Crippen LogP contribution in [0.1, 0.15) is 23.5 Å². The third-order valence-electron chi connectivity index (χ3n) is 3.51. The van der Waals surface area contributed by atoms with E-state index in [2.05, 4.69) is 16.7 Å². The summed E-state index contributed by atoms with van der Waals surface area (Å²) in [6.45, 7) is 9.08. The SMILES string of the molecule is CCN1CCN(c2sc(C(C)=O)c(N)c2SC)CC1. The Kier molecular flexibility index (Phi) is 4.76. The molecule has 2 rings (SSSR count). The smallest absolute Gasteiger partial charge is 0.171 e. The van der Waals surface area contributed by atoms with Crippen LogP contribution in [0.2, 0.25) is 0 Å². The first-order valence-corrected chi connectivity index (χ1v) is 8.57. The molecule has 0 amide bonds. The standard InChI is InChI=1S/C13H21N3OS2/c1-4-15-5-7-16(8-6-15)13-12(18-3)10(14)11(19-13)9(2)17/h4-8,14H2,1-3H3. The van der Waals surface area contributed by atoms with Crippen molar-refractivity contribution in [2.45, 2.75) is 18.7 Å². The summed E-state index contributed by atoms with van der Waals surface area (Å²) >= 11 is 3.18. The lowest BCUT2D eigenvalue weighted by molar-refractivity contribution is 0.102. The minimum Gasteiger partial charge on any atom is -0.396 e. The number of piperazine rings is 1. The van der Waals surface area contributed by atoms with Crippen molar-refractivity contribution in [2.75, 3.05) is 49.6 Å². The summed E-state index contributed by atoms with van der Waals surface area (Å²) in [6.07, 6.45) is 2.02. The van der Waals surface area contributed by atoms with Gasteiger partial charge < -0.3 is 15.5 Å². The van der Waals surface area contributed by atoms with Crippen molar-refractivity contribution < 1.29 is 4.79 Å². The van der Waals surface area contributed by atoms with Gasteiger partial charge in [-0.1, -0.05) is 6.92 Å². The molecule has 1 aliphatic rings. The molecule has 0 spiro atoms. The van der Waals surface area contributed by atoms with Gasteiger partial charge in [-0.15, -0.1) is 23.1 Å². The molecule has 19 heavy (non-hydrogen) atoms. The number of nitrogen functional groups attached to an aromatic ring is 1. The van der Waals surface area contributed by atoms with Crippen LogP contribution in [0.4, 0.5) is 10.7 Å². The number of anilines is 2. The Morgan fingerprint density at radius 1 is 1.37 bits per heavy atom. The molecule has 1 fully saturated rings. The molecular weight excluding hydrogens is 278 g/mol. The molecule has 2 N–H and O–H groups in total. The first-order chi connectivity index (χ1) is 9.08. The van der Waals surface area contributed by atoms with E-state index in [0.717, 1.165) is 37.6 Å². The van der Waals surface area contributed by atoms with Gasteiger partial charge in [0.05, 0.1) is 15.5 Å². The summed E-state index contributed by atoms with van der Waals surface area (Å²) in [4.78, 5) is 18.2. The van der Waals surface area contributed by atoms with Gasteiger partial charge in [-0.2, -0.15) is 0 Å². The number of nitrogens with two attached hydrogens (primary N) is 1. The van der Waals surface area contributed by atoms with Crippen LogP contribution >= 0.6 is 23.1 Å². The lowest BCUT2D eigenvalue weighted by Gasteiger charge is -2.35. The van der Waals surface area contributed by atoms with Crippen molar-refractivity contribution in [1.82, 2.24) is 4.90 Å². The maximum absolute atomic E-state index is 11.6. The van der Waals surface area contributed by atoms with Gasteiger partial charge >= 0.3 is 0 Å². The Morgan fingerprint density at radius 2 is 2.00 bits per heavy atom. The van der Waals surface area contributed by atoms with Gasteiger partial charge in [0.15, 0.2) is 5.78 Å². The summed E-state index contributed by atoms with van der Waals surface area (Å²) in [6, 6.07) is 0. The highest BCUT2D eigenvalue weighted by molar-refractivity contribution is 7.99. The number of hydrogen-bond donors (Lipinski definition) is 1. The molecule has 106 valence electrons. The van der Waals surface area contributed by atoms with Crippen LogP contribution in [0.25, 0.3) is 0 Å². The molecule has 1 aromatic heterocycles. The normalized spacial score (nSPS) is 16.9. The van der Waals surface area contributed by atoms with Crippen LogP contribution in [0.3, 0.4) is 0 Å². The van der Waals surface area contributed by atoms with Crippen molar-refractivity contribution in [2.24, 2.45) is 0 Å². The Balaban J connectivity index is 2.25. The summed E-state index contributed by atoms with van der Waals surface area (Å²) in [7, 11) is 0. The van der Waals surface area contributed by atoms with E-state index in [9.17, 15) is 4.79 Å². The first-order valence-electron chi connectivity index (χ1n) is 6.53. The highest BCUT2D eigenvalue weighted by atomic mass is 32.2. The van der Waals surface area contributed by atoms with E-state index < -0.39 is 0 Å². The van der Waals surface area contributed by atoms with E-state index >= 15 is 0 Å². The van der Waals surface area contributed by atoms with Crippen LogP contribution in [0.15, 0.2) is 4.90 Å². The third-order valence-corrected chi connectivity index (χ3v) is 5.83. The van der Waals surface area contributed by atoms with E-state index in [1.165, 1.54) is 5.00 Å². The molecule has 4 nitrogen and oxygen atoms in total. The highest BCUT2D eigenvalue weighted by Gasteiger charge is 2.24. The number of Topliss-reactive ketones (excluding diaryl/α,β-unsaturated/α-hetero) is 1. The zero-order valence-corrected chi connectivity index (χ0v) is 13.4. The second kappa shape index (κ2) is 6.15. The van der Waals surface area contributed by atoms with Crippen LogP contribution in [-0.4, -0.2) is 49.7 Å². The van der Waals surface area contributed by atoms with Crippen LogP contribution < -0.4 is 10.6 Å².